The lowest BCUT2D eigenvalue weighted by Gasteiger charge is -2.24. The Kier molecular flexibility index (Phi) is 4.31. The van der Waals surface area contributed by atoms with Gasteiger partial charge in [0.15, 0.2) is 0 Å². The van der Waals surface area contributed by atoms with Crippen molar-refractivity contribution in [2.24, 2.45) is 0 Å². The van der Waals surface area contributed by atoms with Gasteiger partial charge in [-0.3, -0.25) is 0 Å². The van der Waals surface area contributed by atoms with Gasteiger partial charge in [-0.2, -0.15) is 0 Å². The predicted octanol–water partition coefficient (Wildman–Crippen LogP) is 2.69. The maximum Gasteiger partial charge on any atom is 0.335 e. The lowest BCUT2D eigenvalue weighted by molar-refractivity contribution is 0.0697. The lowest BCUT2D eigenvalue weighted by atomic mass is 10.0. The molecule has 0 aliphatic heterocycles. The number of hydrogen-bond donors (Lipinski definition) is 3. The van der Waals surface area contributed by atoms with Gasteiger partial charge in [-0.1, -0.05) is 6.92 Å². The van der Waals surface area contributed by atoms with E-state index in [4.69, 9.17) is 5.11 Å². The first-order valence-corrected chi connectivity index (χ1v) is 5.76. The molecule has 0 aliphatic carbocycles. The van der Waals surface area contributed by atoms with Crippen molar-refractivity contribution in [3.8, 4) is 0 Å². The minimum absolute atomic E-state index is 0.190. The van der Waals surface area contributed by atoms with E-state index in [9.17, 15) is 9.59 Å². The Morgan fingerprint density at radius 1 is 1.22 bits per heavy atom. The molecule has 0 heterocycles. The average Bonchev–Trinajstić information content (AvgIpc) is 2.29. The first-order valence-electron chi connectivity index (χ1n) is 5.76. The fourth-order valence-electron chi connectivity index (χ4n) is 1.25. The third-order valence-electron chi connectivity index (χ3n) is 2.73. The third kappa shape index (κ3) is 4.08. The van der Waals surface area contributed by atoms with Gasteiger partial charge >= 0.3 is 12.0 Å². The van der Waals surface area contributed by atoms with Gasteiger partial charge in [0, 0.05) is 11.2 Å². The Balaban J connectivity index is 2.63. The number of urea groups is 1. The molecule has 2 amide bonds. The molecule has 5 heteroatoms. The van der Waals surface area contributed by atoms with Crippen LogP contribution in [0, 0.1) is 0 Å². The minimum atomic E-state index is -0.988. The van der Waals surface area contributed by atoms with E-state index in [0.29, 0.717) is 5.69 Å². The molecule has 0 radical (unpaired) electrons. The first-order chi connectivity index (χ1) is 8.34. The Morgan fingerprint density at radius 2 is 1.78 bits per heavy atom. The first kappa shape index (κ1) is 14.0. The second-order valence-corrected chi connectivity index (χ2v) is 4.70. The van der Waals surface area contributed by atoms with Crippen LogP contribution < -0.4 is 10.6 Å². The molecule has 3 N–H and O–H groups in total. The highest BCUT2D eigenvalue weighted by atomic mass is 16.4. The van der Waals surface area contributed by atoms with E-state index < -0.39 is 5.97 Å². The van der Waals surface area contributed by atoms with Crippen molar-refractivity contribution in [1.29, 1.82) is 0 Å². The SMILES string of the molecule is CCC(C)(C)NC(=O)Nc1ccc(C(=O)O)cc1. The van der Waals surface area contributed by atoms with Crippen LogP contribution in [-0.2, 0) is 0 Å². The van der Waals surface area contributed by atoms with Gasteiger partial charge in [-0.25, -0.2) is 9.59 Å². The van der Waals surface area contributed by atoms with Crippen LogP contribution >= 0.6 is 0 Å². The number of anilines is 1. The van der Waals surface area contributed by atoms with E-state index in [0.717, 1.165) is 6.42 Å². The summed E-state index contributed by atoms with van der Waals surface area (Å²) in [6.07, 6.45) is 0.818. The van der Waals surface area contributed by atoms with Gasteiger partial charge in [0.25, 0.3) is 0 Å². The highest BCUT2D eigenvalue weighted by molar-refractivity contribution is 5.91. The summed E-state index contributed by atoms with van der Waals surface area (Å²) >= 11 is 0. The van der Waals surface area contributed by atoms with Crippen LogP contribution in [0.2, 0.25) is 0 Å². The molecule has 1 aromatic rings. The largest absolute Gasteiger partial charge is 0.478 e. The van der Waals surface area contributed by atoms with E-state index in [2.05, 4.69) is 10.6 Å². The number of amides is 2. The molecule has 0 unspecified atom stereocenters. The average molecular weight is 250 g/mol. The second kappa shape index (κ2) is 5.53. The highest BCUT2D eigenvalue weighted by Crippen LogP contribution is 2.11. The standard InChI is InChI=1S/C13H18N2O3/c1-4-13(2,3)15-12(18)14-10-7-5-9(6-8-10)11(16)17/h5-8H,4H2,1-3H3,(H,16,17)(H2,14,15,18). The summed E-state index contributed by atoms with van der Waals surface area (Å²) in [5, 5.41) is 14.2. The molecule has 1 rings (SSSR count). The van der Waals surface area contributed by atoms with E-state index >= 15 is 0 Å². The van der Waals surface area contributed by atoms with Crippen LogP contribution in [0.5, 0.6) is 0 Å². The number of rotatable bonds is 4. The van der Waals surface area contributed by atoms with E-state index in [-0.39, 0.29) is 17.1 Å². The molecule has 0 aromatic heterocycles. The van der Waals surface area contributed by atoms with Crippen molar-refractivity contribution in [2.75, 3.05) is 5.32 Å². The Labute approximate surface area is 106 Å². The van der Waals surface area contributed by atoms with Crippen molar-refractivity contribution in [2.45, 2.75) is 32.7 Å². The van der Waals surface area contributed by atoms with E-state index in [1.165, 1.54) is 12.1 Å². The van der Waals surface area contributed by atoms with Gasteiger partial charge < -0.3 is 15.7 Å². The maximum atomic E-state index is 11.7. The number of benzene rings is 1. The van der Waals surface area contributed by atoms with Crippen LogP contribution in [0.4, 0.5) is 10.5 Å². The van der Waals surface area contributed by atoms with Gasteiger partial charge in [0.05, 0.1) is 5.56 Å². The molecule has 18 heavy (non-hydrogen) atoms. The molecule has 1 aromatic carbocycles. The molecule has 0 bridgehead atoms. The molecule has 0 saturated carbocycles. The van der Waals surface area contributed by atoms with E-state index in [1.54, 1.807) is 12.1 Å². The number of aromatic carboxylic acids is 1. The van der Waals surface area contributed by atoms with Crippen LogP contribution in [0.3, 0.4) is 0 Å². The Hall–Kier alpha value is -2.04. The van der Waals surface area contributed by atoms with Gasteiger partial charge in [-0.15, -0.1) is 0 Å². The number of nitrogens with one attached hydrogen (secondary N) is 2. The number of carboxylic acids is 1. The minimum Gasteiger partial charge on any atom is -0.478 e. The number of carbonyl (C=O) groups excluding carboxylic acids is 1. The van der Waals surface area contributed by atoms with Gasteiger partial charge in [-0.05, 0) is 44.5 Å². The summed E-state index contributed by atoms with van der Waals surface area (Å²) in [7, 11) is 0. The van der Waals surface area contributed by atoms with Crippen molar-refractivity contribution in [3.05, 3.63) is 29.8 Å². The van der Waals surface area contributed by atoms with Crippen molar-refractivity contribution in [3.63, 3.8) is 0 Å². The fraction of sp³-hybridized carbons (Fsp3) is 0.385. The molecule has 0 fully saturated rings. The summed E-state index contributed by atoms with van der Waals surface area (Å²) in [6, 6.07) is 5.71. The van der Waals surface area contributed by atoms with Crippen molar-refractivity contribution in [1.82, 2.24) is 5.32 Å². The summed E-state index contributed by atoms with van der Waals surface area (Å²) in [5.74, 6) is -0.988. The maximum absolute atomic E-state index is 11.7. The second-order valence-electron chi connectivity index (χ2n) is 4.70. The molecule has 0 atom stereocenters. The molecule has 0 spiro atoms. The molecular weight excluding hydrogens is 232 g/mol. The number of carboxylic acid groups (broad SMARTS) is 1. The smallest absolute Gasteiger partial charge is 0.335 e. The summed E-state index contributed by atoms with van der Waals surface area (Å²) in [4.78, 5) is 22.3. The van der Waals surface area contributed by atoms with Crippen LogP contribution in [0.25, 0.3) is 0 Å². The van der Waals surface area contributed by atoms with E-state index in [1.807, 2.05) is 20.8 Å². The lowest BCUT2D eigenvalue weighted by Crippen LogP contribution is -2.45. The van der Waals surface area contributed by atoms with Crippen molar-refractivity contribution < 1.29 is 14.7 Å². The number of hydrogen-bond acceptors (Lipinski definition) is 2. The zero-order valence-corrected chi connectivity index (χ0v) is 10.8. The topological polar surface area (TPSA) is 78.4 Å². The third-order valence-corrected chi connectivity index (χ3v) is 2.73. The monoisotopic (exact) mass is 250 g/mol. The molecule has 0 saturated heterocycles. The number of carbonyl (C=O) groups is 2. The summed E-state index contributed by atoms with van der Waals surface area (Å²) in [5.41, 5.74) is 0.477. The van der Waals surface area contributed by atoms with Crippen molar-refractivity contribution >= 4 is 17.7 Å². The summed E-state index contributed by atoms with van der Waals surface area (Å²) in [6.45, 7) is 5.85. The molecule has 98 valence electrons. The van der Waals surface area contributed by atoms with Crippen LogP contribution in [0.15, 0.2) is 24.3 Å². The molecule has 5 nitrogen and oxygen atoms in total. The zero-order chi connectivity index (χ0) is 13.8. The van der Waals surface area contributed by atoms with Gasteiger partial charge in [0.1, 0.15) is 0 Å². The van der Waals surface area contributed by atoms with Crippen LogP contribution in [-0.4, -0.2) is 22.6 Å². The normalized spacial score (nSPS) is 10.8. The molecule has 0 aliphatic rings. The van der Waals surface area contributed by atoms with Crippen LogP contribution in [0.1, 0.15) is 37.6 Å². The quantitative estimate of drug-likeness (QED) is 0.768. The Bertz CT molecular complexity index is 438. The molecular formula is C13H18N2O3. The predicted molar refractivity (Wildman–Crippen MR) is 69.9 cm³/mol. The fourth-order valence-corrected chi connectivity index (χ4v) is 1.25. The zero-order valence-electron chi connectivity index (χ0n) is 10.8. The highest BCUT2D eigenvalue weighted by Gasteiger charge is 2.17. The summed E-state index contributed by atoms with van der Waals surface area (Å²) < 4.78 is 0. The Morgan fingerprint density at radius 3 is 2.22 bits per heavy atom. The van der Waals surface area contributed by atoms with Gasteiger partial charge in [0.2, 0.25) is 0 Å².